The Morgan fingerprint density at radius 3 is 1.51 bits per heavy atom. The standard InChI is InChI=1S/C46H28Se/c1-2-13-29(14-3-1)43-35-19-8-10-21-37(35)44(38-22-11-9-20-36(38)43)32-25-26-39-42(28-32)47-41-24-12-23-40(46(39)41)45-33-17-6-4-15-30(33)27-31-16-5-7-18-34(31)45/h1-28H/i27D. The van der Waals surface area contributed by atoms with Gasteiger partial charge in [-0.15, -0.1) is 0 Å². The van der Waals surface area contributed by atoms with Gasteiger partial charge in [-0.2, -0.15) is 0 Å². The molecule has 0 amide bonds. The predicted octanol–water partition coefficient (Wildman–Crippen LogP) is 12.7. The van der Waals surface area contributed by atoms with Crippen LogP contribution >= 0.6 is 0 Å². The van der Waals surface area contributed by atoms with E-state index in [2.05, 4.69) is 152 Å². The molecule has 1 heteroatoms. The van der Waals surface area contributed by atoms with Gasteiger partial charge in [0.2, 0.25) is 0 Å². The molecule has 0 N–H and O–H groups in total. The van der Waals surface area contributed by atoms with E-state index in [1.54, 1.807) is 0 Å². The summed E-state index contributed by atoms with van der Waals surface area (Å²) in [5.74, 6) is 0. The summed E-state index contributed by atoms with van der Waals surface area (Å²) in [6, 6.07) is 60.1. The molecule has 0 radical (unpaired) electrons. The maximum absolute atomic E-state index is 9.05. The van der Waals surface area contributed by atoms with Crippen LogP contribution in [-0.4, -0.2) is 14.5 Å². The van der Waals surface area contributed by atoms with Crippen molar-refractivity contribution in [1.29, 1.82) is 0 Å². The second kappa shape index (κ2) is 10.5. The molecule has 0 bridgehead atoms. The van der Waals surface area contributed by atoms with Gasteiger partial charge in [0.1, 0.15) is 0 Å². The molecule has 0 aliphatic rings. The van der Waals surface area contributed by atoms with Gasteiger partial charge in [0, 0.05) is 0 Å². The van der Waals surface area contributed by atoms with E-state index >= 15 is 0 Å². The van der Waals surface area contributed by atoms with Crippen LogP contribution in [0.25, 0.3) is 95.8 Å². The molecule has 1 aromatic heterocycles. The molecular weight excluding hydrogens is 631 g/mol. The topological polar surface area (TPSA) is 0 Å². The average molecular weight is 661 g/mol. The second-order valence-electron chi connectivity index (χ2n) is 12.3. The van der Waals surface area contributed by atoms with Crippen molar-refractivity contribution in [2.24, 2.45) is 0 Å². The Kier molecular flexibility index (Phi) is 5.76. The van der Waals surface area contributed by atoms with E-state index in [4.69, 9.17) is 1.37 Å². The van der Waals surface area contributed by atoms with E-state index in [1.807, 2.05) is 12.1 Å². The summed E-state index contributed by atoms with van der Waals surface area (Å²) in [6.45, 7) is 0. The van der Waals surface area contributed by atoms with Crippen LogP contribution in [0.15, 0.2) is 170 Å². The number of fused-ring (bicyclic) bond motifs is 7. The number of rotatable bonds is 3. The Bertz CT molecular complexity index is 2780. The summed E-state index contributed by atoms with van der Waals surface area (Å²) in [5, 5.41) is 12.1. The first kappa shape index (κ1) is 25.7. The first-order valence-electron chi connectivity index (χ1n) is 16.6. The van der Waals surface area contributed by atoms with E-state index in [1.165, 1.54) is 74.2 Å². The third-order valence-corrected chi connectivity index (χ3v) is 12.1. The van der Waals surface area contributed by atoms with Gasteiger partial charge >= 0.3 is 281 Å². The Balaban J connectivity index is 1.26. The molecule has 0 fully saturated rings. The molecule has 10 rings (SSSR count). The average Bonchev–Trinajstić information content (AvgIpc) is 3.53. The van der Waals surface area contributed by atoms with Gasteiger partial charge in [0.25, 0.3) is 0 Å². The van der Waals surface area contributed by atoms with E-state index < -0.39 is 0 Å². The fourth-order valence-electron chi connectivity index (χ4n) is 7.75. The van der Waals surface area contributed by atoms with Gasteiger partial charge in [-0.25, -0.2) is 0 Å². The van der Waals surface area contributed by atoms with Gasteiger partial charge < -0.3 is 0 Å². The van der Waals surface area contributed by atoms with Crippen LogP contribution < -0.4 is 0 Å². The van der Waals surface area contributed by atoms with Crippen molar-refractivity contribution in [2.75, 3.05) is 0 Å². The van der Waals surface area contributed by atoms with Crippen LogP contribution in [0.1, 0.15) is 1.37 Å². The third kappa shape index (κ3) is 4.08. The molecule has 0 saturated heterocycles. The molecule has 0 atom stereocenters. The predicted molar refractivity (Wildman–Crippen MR) is 205 cm³/mol. The maximum atomic E-state index is 9.05. The van der Waals surface area contributed by atoms with Crippen molar-refractivity contribution >= 4 is 76.9 Å². The molecular formula is C46H28Se. The molecule has 10 aromatic rings. The van der Waals surface area contributed by atoms with Gasteiger partial charge in [-0.1, -0.05) is 0 Å². The fraction of sp³-hybridized carbons (Fsp3) is 0. The van der Waals surface area contributed by atoms with E-state index in [0.717, 1.165) is 21.5 Å². The minimum absolute atomic E-state index is 0.174. The summed E-state index contributed by atoms with van der Waals surface area (Å²) < 4.78 is 11.9. The van der Waals surface area contributed by atoms with E-state index in [-0.39, 0.29) is 14.5 Å². The van der Waals surface area contributed by atoms with Crippen LogP contribution in [0.2, 0.25) is 0 Å². The van der Waals surface area contributed by atoms with Crippen LogP contribution in [0.4, 0.5) is 0 Å². The van der Waals surface area contributed by atoms with Crippen molar-refractivity contribution in [1.82, 2.24) is 0 Å². The third-order valence-electron chi connectivity index (χ3n) is 9.71. The molecule has 0 aliphatic heterocycles. The molecule has 0 saturated carbocycles. The van der Waals surface area contributed by atoms with Crippen molar-refractivity contribution in [2.45, 2.75) is 0 Å². The number of hydrogen-bond donors (Lipinski definition) is 0. The summed E-state index contributed by atoms with van der Waals surface area (Å²) in [5.41, 5.74) is 7.61. The Hall–Kier alpha value is -5.46. The Morgan fingerprint density at radius 1 is 0.362 bits per heavy atom. The summed E-state index contributed by atoms with van der Waals surface area (Å²) in [7, 11) is 0. The van der Waals surface area contributed by atoms with Crippen LogP contribution in [-0.2, 0) is 0 Å². The van der Waals surface area contributed by atoms with Gasteiger partial charge in [0.15, 0.2) is 0 Å². The minimum atomic E-state index is 0.174. The SMILES string of the molecule is [2H]c1c2ccccc2c(-c2cccc3[se]c4cc(-c5c6ccccc6c(-c6ccccc6)c6ccccc56)ccc4c23)c2ccccc12. The summed E-state index contributed by atoms with van der Waals surface area (Å²) in [6.07, 6.45) is 0. The monoisotopic (exact) mass is 661 g/mol. The van der Waals surface area contributed by atoms with Crippen LogP contribution in [0, 0.1) is 0 Å². The summed E-state index contributed by atoms with van der Waals surface area (Å²) >= 11 is 0.174. The van der Waals surface area contributed by atoms with Gasteiger partial charge in [-0.05, 0) is 0 Å². The summed E-state index contributed by atoms with van der Waals surface area (Å²) in [4.78, 5) is 0. The molecule has 9 aromatic carbocycles. The first-order valence-corrected chi connectivity index (χ1v) is 17.8. The van der Waals surface area contributed by atoms with Crippen molar-refractivity contribution < 1.29 is 1.37 Å². The van der Waals surface area contributed by atoms with Crippen LogP contribution in [0.5, 0.6) is 0 Å². The zero-order valence-electron chi connectivity index (χ0n) is 26.5. The van der Waals surface area contributed by atoms with Crippen molar-refractivity contribution in [3.8, 4) is 33.4 Å². The zero-order valence-corrected chi connectivity index (χ0v) is 27.2. The van der Waals surface area contributed by atoms with Gasteiger partial charge in [-0.3, -0.25) is 0 Å². The first-order chi connectivity index (χ1) is 23.8. The molecule has 1 heterocycles. The van der Waals surface area contributed by atoms with Crippen molar-refractivity contribution in [3.63, 3.8) is 0 Å². The molecule has 0 aliphatic carbocycles. The van der Waals surface area contributed by atoms with Crippen molar-refractivity contribution in [3.05, 3.63) is 170 Å². The van der Waals surface area contributed by atoms with E-state index in [0.29, 0.717) is 6.04 Å². The molecule has 0 spiro atoms. The second-order valence-corrected chi connectivity index (χ2v) is 14.6. The van der Waals surface area contributed by atoms with E-state index in [9.17, 15) is 0 Å². The van der Waals surface area contributed by atoms with Crippen LogP contribution in [0.3, 0.4) is 0 Å². The molecule has 47 heavy (non-hydrogen) atoms. The van der Waals surface area contributed by atoms with Gasteiger partial charge in [0.05, 0.1) is 0 Å². The zero-order chi connectivity index (χ0) is 31.8. The number of hydrogen-bond acceptors (Lipinski definition) is 0. The quantitative estimate of drug-likeness (QED) is 0.131. The normalized spacial score (nSPS) is 12.1. The molecule has 0 unspecified atom stereocenters. The number of benzene rings is 9. The Morgan fingerprint density at radius 2 is 0.894 bits per heavy atom. The molecule has 0 nitrogen and oxygen atoms in total. The molecule has 218 valence electrons. The Labute approximate surface area is 280 Å². The fourth-order valence-corrected chi connectivity index (χ4v) is 10.2.